The summed E-state index contributed by atoms with van der Waals surface area (Å²) in [5.41, 5.74) is -0.153. The standard InChI is InChI=1S/C18H10F13NO2/c19-13(20,14(21,22)15(23,24)16(25,26)17(27,28)18(29,30)31)8-34-12(33)32-11-7-3-5-9-4-1-2-6-10(9)11/h1-7H,8H2,(H,32,33). The van der Waals surface area contributed by atoms with Gasteiger partial charge in [0.2, 0.25) is 0 Å². The molecule has 0 spiro atoms. The fourth-order valence-corrected chi connectivity index (χ4v) is 2.53. The number of amides is 1. The number of anilines is 1. The molecule has 190 valence electrons. The number of hydrogen-bond donors (Lipinski definition) is 1. The van der Waals surface area contributed by atoms with Gasteiger partial charge in [-0.15, -0.1) is 0 Å². The van der Waals surface area contributed by atoms with E-state index in [1.54, 1.807) is 11.4 Å². The molecule has 0 aliphatic carbocycles. The zero-order valence-electron chi connectivity index (χ0n) is 16.0. The molecule has 0 radical (unpaired) electrons. The second-order valence-electron chi connectivity index (χ2n) is 6.73. The Balaban J connectivity index is 2.24. The van der Waals surface area contributed by atoms with Crippen LogP contribution in [-0.4, -0.2) is 48.5 Å². The summed E-state index contributed by atoms with van der Waals surface area (Å²) in [5.74, 6) is -37.8. The van der Waals surface area contributed by atoms with Gasteiger partial charge in [-0.2, -0.15) is 57.1 Å². The van der Waals surface area contributed by atoms with Crippen molar-refractivity contribution in [3.05, 3.63) is 42.5 Å². The largest absolute Gasteiger partial charge is 0.460 e. The van der Waals surface area contributed by atoms with Crippen LogP contribution in [0.25, 0.3) is 10.8 Å². The van der Waals surface area contributed by atoms with Crippen LogP contribution in [0, 0.1) is 0 Å². The highest BCUT2D eigenvalue weighted by molar-refractivity contribution is 6.00. The van der Waals surface area contributed by atoms with Gasteiger partial charge in [-0.3, -0.25) is 5.32 Å². The Morgan fingerprint density at radius 1 is 0.676 bits per heavy atom. The number of hydrogen-bond acceptors (Lipinski definition) is 2. The average molecular weight is 519 g/mol. The lowest BCUT2D eigenvalue weighted by atomic mass is 9.94. The van der Waals surface area contributed by atoms with Crippen molar-refractivity contribution >= 4 is 22.6 Å². The Labute approximate surface area is 180 Å². The summed E-state index contributed by atoms with van der Waals surface area (Å²) >= 11 is 0. The molecule has 1 N–H and O–H groups in total. The number of rotatable bonds is 7. The minimum absolute atomic E-state index is 0.153. The maximum Gasteiger partial charge on any atom is 0.460 e. The number of ether oxygens (including phenoxy) is 1. The summed E-state index contributed by atoms with van der Waals surface area (Å²) < 4.78 is 173. The first-order valence-corrected chi connectivity index (χ1v) is 8.58. The van der Waals surface area contributed by atoms with Crippen molar-refractivity contribution in [3.8, 4) is 0 Å². The van der Waals surface area contributed by atoms with Crippen molar-refractivity contribution in [2.24, 2.45) is 0 Å². The summed E-state index contributed by atoms with van der Waals surface area (Å²) in [5, 5.41) is 2.52. The van der Waals surface area contributed by atoms with Gasteiger partial charge in [0.05, 0.1) is 5.69 Å². The van der Waals surface area contributed by atoms with E-state index in [9.17, 15) is 61.9 Å². The highest BCUT2D eigenvalue weighted by Gasteiger charge is 2.90. The molecule has 0 aliphatic heterocycles. The van der Waals surface area contributed by atoms with Gasteiger partial charge in [-0.1, -0.05) is 36.4 Å². The van der Waals surface area contributed by atoms with Crippen molar-refractivity contribution in [3.63, 3.8) is 0 Å². The Morgan fingerprint density at radius 3 is 1.74 bits per heavy atom. The molecule has 3 nitrogen and oxygen atoms in total. The first-order chi connectivity index (χ1) is 15.2. The highest BCUT2D eigenvalue weighted by Crippen LogP contribution is 2.60. The molecule has 0 unspecified atom stereocenters. The van der Waals surface area contributed by atoms with Gasteiger partial charge < -0.3 is 4.74 Å². The second kappa shape index (κ2) is 8.37. The molecule has 0 heterocycles. The maximum absolute atomic E-state index is 13.7. The molecule has 0 aliphatic rings. The van der Waals surface area contributed by atoms with Crippen molar-refractivity contribution in [1.82, 2.24) is 0 Å². The minimum atomic E-state index is -8.02. The molecule has 16 heteroatoms. The predicted molar refractivity (Wildman–Crippen MR) is 89.7 cm³/mol. The number of fused-ring (bicyclic) bond motifs is 1. The summed E-state index contributed by atoms with van der Waals surface area (Å²) in [6, 6.07) is 9.99. The normalized spacial score (nSPS) is 14.3. The van der Waals surface area contributed by atoms with E-state index < -0.39 is 48.5 Å². The molecule has 0 bridgehead atoms. The number of carbonyl (C=O) groups is 1. The molecular weight excluding hydrogens is 509 g/mol. The van der Waals surface area contributed by atoms with Crippen molar-refractivity contribution in [2.45, 2.75) is 35.8 Å². The molecule has 0 fully saturated rings. The van der Waals surface area contributed by atoms with Crippen LogP contribution in [-0.2, 0) is 4.74 Å². The van der Waals surface area contributed by atoms with Gasteiger partial charge in [0.25, 0.3) is 0 Å². The Bertz CT molecular complexity index is 1040. The smallest absolute Gasteiger partial charge is 0.443 e. The highest BCUT2D eigenvalue weighted by atomic mass is 19.4. The predicted octanol–water partition coefficient (Wildman–Crippen LogP) is 7.13. The zero-order chi connectivity index (χ0) is 26.4. The van der Waals surface area contributed by atoms with Crippen molar-refractivity contribution < 1.29 is 66.6 Å². The number of alkyl halides is 13. The summed E-state index contributed by atoms with van der Waals surface area (Å²) in [4.78, 5) is 11.7. The zero-order valence-corrected chi connectivity index (χ0v) is 16.0. The number of nitrogens with one attached hydrogen (secondary N) is 1. The molecule has 2 aromatic carbocycles. The van der Waals surface area contributed by atoms with E-state index >= 15 is 0 Å². The van der Waals surface area contributed by atoms with Gasteiger partial charge in [0, 0.05) is 5.39 Å². The van der Waals surface area contributed by atoms with Crippen molar-refractivity contribution in [2.75, 3.05) is 11.9 Å². The van der Waals surface area contributed by atoms with Crippen LogP contribution in [0.4, 0.5) is 67.6 Å². The van der Waals surface area contributed by atoms with Crippen LogP contribution in [0.5, 0.6) is 0 Å². The number of halogens is 13. The average Bonchev–Trinajstić information content (AvgIpc) is 2.71. The summed E-state index contributed by atoms with van der Waals surface area (Å²) in [7, 11) is 0. The van der Waals surface area contributed by atoms with Crippen LogP contribution in [0.3, 0.4) is 0 Å². The van der Waals surface area contributed by atoms with Crippen LogP contribution in [0.2, 0.25) is 0 Å². The van der Waals surface area contributed by atoms with E-state index in [-0.39, 0.29) is 11.1 Å². The Hall–Kier alpha value is -2.94. The molecule has 0 atom stereocenters. The third kappa shape index (κ3) is 4.29. The van der Waals surface area contributed by atoms with Gasteiger partial charge in [0.1, 0.15) is 0 Å². The molecule has 2 aromatic rings. The van der Waals surface area contributed by atoms with Gasteiger partial charge in [-0.25, -0.2) is 4.79 Å². The second-order valence-corrected chi connectivity index (χ2v) is 6.73. The molecule has 34 heavy (non-hydrogen) atoms. The van der Waals surface area contributed by atoms with Crippen molar-refractivity contribution in [1.29, 1.82) is 0 Å². The minimum Gasteiger partial charge on any atom is -0.443 e. The lowest BCUT2D eigenvalue weighted by molar-refractivity contribution is -0.440. The monoisotopic (exact) mass is 519 g/mol. The van der Waals surface area contributed by atoms with E-state index in [0.717, 1.165) is 0 Å². The third-order valence-electron chi connectivity index (χ3n) is 4.41. The molecule has 0 saturated heterocycles. The van der Waals surface area contributed by atoms with E-state index in [0.29, 0.717) is 5.39 Å². The lowest BCUT2D eigenvalue weighted by Gasteiger charge is -2.39. The van der Waals surface area contributed by atoms with E-state index in [1.165, 1.54) is 36.4 Å². The Kier molecular flexibility index (Phi) is 6.72. The molecular formula is C18H10F13NO2. The Morgan fingerprint density at radius 2 is 1.18 bits per heavy atom. The van der Waals surface area contributed by atoms with Crippen LogP contribution in [0.1, 0.15) is 0 Å². The van der Waals surface area contributed by atoms with Gasteiger partial charge in [-0.05, 0) is 11.5 Å². The number of benzene rings is 2. The van der Waals surface area contributed by atoms with Crippen LogP contribution < -0.4 is 5.32 Å². The fraction of sp³-hybridized carbons (Fsp3) is 0.389. The molecule has 0 saturated carbocycles. The van der Waals surface area contributed by atoms with Gasteiger partial charge >= 0.3 is 41.9 Å². The van der Waals surface area contributed by atoms with E-state index in [2.05, 4.69) is 4.74 Å². The topological polar surface area (TPSA) is 38.3 Å². The maximum atomic E-state index is 13.7. The molecule has 0 aromatic heterocycles. The summed E-state index contributed by atoms with van der Waals surface area (Å²) in [6.07, 6.45) is -9.48. The van der Waals surface area contributed by atoms with Crippen LogP contribution in [0.15, 0.2) is 42.5 Å². The van der Waals surface area contributed by atoms with E-state index in [1.807, 2.05) is 0 Å². The SMILES string of the molecule is O=C(Nc1cccc2ccccc12)OCC(F)(F)C(F)(F)C(F)(F)C(F)(F)C(F)(F)C(F)(F)F. The lowest BCUT2D eigenvalue weighted by Crippen LogP contribution is -2.70. The molecule has 1 amide bonds. The fourth-order valence-electron chi connectivity index (χ4n) is 2.53. The quantitative estimate of drug-likeness (QED) is 0.396. The summed E-state index contributed by atoms with van der Waals surface area (Å²) in [6.45, 7) is -3.08. The first-order valence-electron chi connectivity index (χ1n) is 8.58. The molecule has 2 rings (SSSR count). The van der Waals surface area contributed by atoms with Gasteiger partial charge in [0.15, 0.2) is 6.61 Å². The number of carbonyl (C=O) groups excluding carboxylic acids is 1. The van der Waals surface area contributed by atoms with E-state index in [4.69, 9.17) is 0 Å². The first kappa shape index (κ1) is 27.3. The van der Waals surface area contributed by atoms with Crippen LogP contribution >= 0.6 is 0 Å². The third-order valence-corrected chi connectivity index (χ3v) is 4.41.